The third-order valence-electron chi connectivity index (χ3n) is 3.29. The minimum Gasteiger partial charge on any atom is -0.376 e. The molecule has 2 heterocycles. The molecule has 21 heavy (non-hydrogen) atoms. The van der Waals surface area contributed by atoms with E-state index in [2.05, 4.69) is 20.8 Å². The van der Waals surface area contributed by atoms with Crippen LogP contribution in [0.5, 0.6) is 0 Å². The number of amides is 2. The van der Waals surface area contributed by atoms with Gasteiger partial charge in [-0.2, -0.15) is 15.0 Å². The highest BCUT2D eigenvalue weighted by Crippen LogP contribution is 2.12. The maximum Gasteiger partial charge on any atom is 0.319 e. The monoisotopic (exact) mass is 287 g/mol. The summed E-state index contributed by atoms with van der Waals surface area (Å²) < 4.78 is 5.45. The fraction of sp³-hybridized carbons (Fsp3) is 0.357. The zero-order valence-electron chi connectivity index (χ0n) is 11.5. The average Bonchev–Trinajstić information content (AvgIpc) is 3.19. The predicted molar refractivity (Wildman–Crippen MR) is 77.4 cm³/mol. The van der Waals surface area contributed by atoms with Gasteiger partial charge in [-0.1, -0.05) is 0 Å². The van der Waals surface area contributed by atoms with Gasteiger partial charge in [0.1, 0.15) is 0 Å². The van der Waals surface area contributed by atoms with E-state index in [9.17, 15) is 4.79 Å². The summed E-state index contributed by atoms with van der Waals surface area (Å²) in [5, 5.41) is 13.7. The summed E-state index contributed by atoms with van der Waals surface area (Å²) in [6.45, 7) is 1.33. The molecule has 1 aliphatic heterocycles. The van der Waals surface area contributed by atoms with Crippen LogP contribution < -0.4 is 10.6 Å². The first-order chi connectivity index (χ1) is 10.3. The molecule has 0 spiro atoms. The van der Waals surface area contributed by atoms with Gasteiger partial charge in [0.05, 0.1) is 24.2 Å². The number of urea groups is 1. The van der Waals surface area contributed by atoms with E-state index >= 15 is 0 Å². The van der Waals surface area contributed by atoms with Crippen LogP contribution in [-0.2, 0) is 4.74 Å². The molecule has 0 radical (unpaired) electrons. The fourth-order valence-corrected chi connectivity index (χ4v) is 2.21. The highest BCUT2D eigenvalue weighted by Gasteiger charge is 2.16. The average molecular weight is 287 g/mol. The zero-order valence-corrected chi connectivity index (χ0v) is 11.5. The Bertz CT molecular complexity index is 576. The number of anilines is 1. The Morgan fingerprint density at radius 3 is 2.71 bits per heavy atom. The van der Waals surface area contributed by atoms with Crippen LogP contribution in [-0.4, -0.2) is 40.3 Å². The SMILES string of the molecule is O=C(NCC1CCCO1)Nc1ccc(-n2nccn2)cc1. The van der Waals surface area contributed by atoms with E-state index in [0.29, 0.717) is 6.54 Å². The van der Waals surface area contributed by atoms with Crippen molar-refractivity contribution in [2.24, 2.45) is 0 Å². The number of rotatable bonds is 4. The molecule has 1 aromatic heterocycles. The number of aromatic nitrogens is 3. The van der Waals surface area contributed by atoms with Crippen LogP contribution in [0.4, 0.5) is 10.5 Å². The molecule has 7 nitrogen and oxygen atoms in total. The van der Waals surface area contributed by atoms with Crippen LogP contribution >= 0.6 is 0 Å². The summed E-state index contributed by atoms with van der Waals surface area (Å²) in [5.41, 5.74) is 1.56. The van der Waals surface area contributed by atoms with Crippen molar-refractivity contribution in [1.29, 1.82) is 0 Å². The molecule has 0 bridgehead atoms. The number of nitrogens with zero attached hydrogens (tertiary/aromatic N) is 3. The van der Waals surface area contributed by atoms with E-state index in [4.69, 9.17) is 4.74 Å². The first-order valence-electron chi connectivity index (χ1n) is 6.94. The number of carbonyl (C=O) groups excluding carboxylic acids is 1. The standard InChI is InChI=1S/C14H17N5O2/c20-14(15-10-13-2-1-9-21-13)18-11-3-5-12(6-4-11)19-16-7-8-17-19/h3-8,13H,1-2,9-10H2,(H2,15,18,20). The molecule has 2 N–H and O–H groups in total. The lowest BCUT2D eigenvalue weighted by atomic mass is 10.2. The molecule has 1 aliphatic rings. The number of benzene rings is 1. The van der Waals surface area contributed by atoms with Crippen molar-refractivity contribution in [3.63, 3.8) is 0 Å². The molecule has 3 rings (SSSR count). The van der Waals surface area contributed by atoms with Crippen molar-refractivity contribution in [3.05, 3.63) is 36.7 Å². The molecular weight excluding hydrogens is 270 g/mol. The van der Waals surface area contributed by atoms with Gasteiger partial charge in [-0.3, -0.25) is 0 Å². The molecule has 1 unspecified atom stereocenters. The number of nitrogens with one attached hydrogen (secondary N) is 2. The largest absolute Gasteiger partial charge is 0.376 e. The van der Waals surface area contributed by atoms with Crippen molar-refractivity contribution in [2.45, 2.75) is 18.9 Å². The van der Waals surface area contributed by atoms with Crippen LogP contribution in [0, 0.1) is 0 Å². The Kier molecular flexibility index (Phi) is 4.11. The van der Waals surface area contributed by atoms with Crippen LogP contribution in [0.2, 0.25) is 0 Å². The van der Waals surface area contributed by atoms with E-state index in [1.807, 2.05) is 24.3 Å². The van der Waals surface area contributed by atoms with Crippen molar-refractivity contribution >= 4 is 11.7 Å². The lowest BCUT2D eigenvalue weighted by Gasteiger charge is -2.12. The van der Waals surface area contributed by atoms with Crippen LogP contribution in [0.15, 0.2) is 36.7 Å². The van der Waals surface area contributed by atoms with Crippen molar-refractivity contribution < 1.29 is 9.53 Å². The minimum atomic E-state index is -0.226. The molecule has 0 aliphatic carbocycles. The Labute approximate surface area is 122 Å². The van der Waals surface area contributed by atoms with Gasteiger partial charge in [0.15, 0.2) is 0 Å². The quantitative estimate of drug-likeness (QED) is 0.894. The minimum absolute atomic E-state index is 0.143. The van der Waals surface area contributed by atoms with Gasteiger partial charge in [-0.15, -0.1) is 0 Å². The smallest absolute Gasteiger partial charge is 0.319 e. The van der Waals surface area contributed by atoms with Crippen molar-refractivity contribution in [1.82, 2.24) is 20.3 Å². The molecule has 1 saturated heterocycles. The Balaban J connectivity index is 1.51. The van der Waals surface area contributed by atoms with Gasteiger partial charge in [0, 0.05) is 18.8 Å². The molecule has 0 saturated carbocycles. The summed E-state index contributed by atoms with van der Waals surface area (Å²) in [6.07, 6.45) is 5.45. The predicted octanol–water partition coefficient (Wildman–Crippen LogP) is 1.57. The second-order valence-electron chi connectivity index (χ2n) is 4.84. The topological polar surface area (TPSA) is 81.1 Å². The fourth-order valence-electron chi connectivity index (χ4n) is 2.21. The summed E-state index contributed by atoms with van der Waals surface area (Å²) >= 11 is 0. The van der Waals surface area contributed by atoms with E-state index in [-0.39, 0.29) is 12.1 Å². The van der Waals surface area contributed by atoms with Gasteiger partial charge in [0.25, 0.3) is 0 Å². The maximum atomic E-state index is 11.8. The van der Waals surface area contributed by atoms with Gasteiger partial charge in [0.2, 0.25) is 0 Å². The first-order valence-corrected chi connectivity index (χ1v) is 6.94. The Morgan fingerprint density at radius 1 is 1.29 bits per heavy atom. The van der Waals surface area contributed by atoms with Gasteiger partial charge in [-0.25, -0.2) is 4.79 Å². The Hall–Kier alpha value is -2.41. The van der Waals surface area contributed by atoms with Crippen LogP contribution in [0.25, 0.3) is 5.69 Å². The lowest BCUT2D eigenvalue weighted by Crippen LogP contribution is -2.35. The highest BCUT2D eigenvalue weighted by molar-refractivity contribution is 5.89. The van der Waals surface area contributed by atoms with E-state index in [1.54, 1.807) is 12.4 Å². The highest BCUT2D eigenvalue weighted by atomic mass is 16.5. The van der Waals surface area contributed by atoms with E-state index in [1.165, 1.54) is 4.80 Å². The maximum absolute atomic E-state index is 11.8. The van der Waals surface area contributed by atoms with E-state index < -0.39 is 0 Å². The molecule has 110 valence electrons. The van der Waals surface area contributed by atoms with E-state index in [0.717, 1.165) is 30.8 Å². The zero-order chi connectivity index (χ0) is 14.5. The van der Waals surface area contributed by atoms with Crippen molar-refractivity contribution in [2.75, 3.05) is 18.5 Å². The third kappa shape index (κ3) is 3.57. The van der Waals surface area contributed by atoms with Crippen LogP contribution in [0.1, 0.15) is 12.8 Å². The molecule has 2 aromatic rings. The molecule has 1 atom stereocenters. The van der Waals surface area contributed by atoms with Gasteiger partial charge >= 0.3 is 6.03 Å². The summed E-state index contributed by atoms with van der Waals surface area (Å²) in [6, 6.07) is 7.08. The normalized spacial score (nSPS) is 17.6. The second kappa shape index (κ2) is 6.36. The molecule has 1 aromatic carbocycles. The number of carbonyl (C=O) groups is 1. The Morgan fingerprint density at radius 2 is 2.05 bits per heavy atom. The number of hydrogen-bond acceptors (Lipinski definition) is 4. The third-order valence-corrected chi connectivity index (χ3v) is 3.29. The summed E-state index contributed by atoms with van der Waals surface area (Å²) in [5.74, 6) is 0. The lowest BCUT2D eigenvalue weighted by molar-refractivity contribution is 0.112. The molecule has 2 amide bonds. The summed E-state index contributed by atoms with van der Waals surface area (Å²) in [4.78, 5) is 13.3. The molecule has 1 fully saturated rings. The number of ether oxygens (including phenoxy) is 1. The van der Waals surface area contributed by atoms with Crippen LogP contribution in [0.3, 0.4) is 0 Å². The van der Waals surface area contributed by atoms with Gasteiger partial charge in [-0.05, 0) is 37.1 Å². The molecular formula is C14H17N5O2. The summed E-state index contributed by atoms with van der Waals surface area (Å²) in [7, 11) is 0. The second-order valence-corrected chi connectivity index (χ2v) is 4.84. The van der Waals surface area contributed by atoms with Crippen molar-refractivity contribution in [3.8, 4) is 5.69 Å². The van der Waals surface area contributed by atoms with Gasteiger partial charge < -0.3 is 15.4 Å². The number of hydrogen-bond donors (Lipinski definition) is 2. The first kappa shape index (κ1) is 13.6. The molecule has 7 heteroatoms.